The van der Waals surface area contributed by atoms with Crippen molar-refractivity contribution in [2.75, 3.05) is 11.9 Å². The molecule has 112 valence electrons. The van der Waals surface area contributed by atoms with Crippen molar-refractivity contribution in [3.8, 4) is 0 Å². The number of halogens is 3. The number of aliphatic hydroxyl groups excluding tert-OH is 1. The molecule has 0 saturated carbocycles. The molecule has 0 fully saturated rings. The lowest BCUT2D eigenvalue weighted by atomic mass is 10.1. The van der Waals surface area contributed by atoms with Gasteiger partial charge in [0.05, 0.1) is 10.7 Å². The number of rotatable bonds is 3. The third kappa shape index (κ3) is 4.61. The molecule has 0 heterocycles. The summed E-state index contributed by atoms with van der Waals surface area (Å²) < 4.78 is 31.5. The van der Waals surface area contributed by atoms with Gasteiger partial charge in [-0.15, -0.1) is 0 Å². The molecule has 0 unspecified atom stereocenters. The lowest BCUT2D eigenvalue weighted by Crippen LogP contribution is -2.27. The molecule has 1 aromatic carbocycles. The van der Waals surface area contributed by atoms with Crippen LogP contribution in [0.2, 0.25) is 5.02 Å². The van der Waals surface area contributed by atoms with Crippen LogP contribution in [0.4, 0.5) is 19.3 Å². The van der Waals surface area contributed by atoms with E-state index in [1.165, 1.54) is 6.07 Å². The SMILES string of the molecule is CC(C)(C)OC(=O)Nc1ccc(C(F)(F)CO)cc1Cl. The summed E-state index contributed by atoms with van der Waals surface area (Å²) in [6.07, 6.45) is -0.735. The van der Waals surface area contributed by atoms with Crippen molar-refractivity contribution in [1.29, 1.82) is 0 Å². The number of nitrogens with one attached hydrogen (secondary N) is 1. The first-order chi connectivity index (χ1) is 9.05. The van der Waals surface area contributed by atoms with Crippen molar-refractivity contribution in [1.82, 2.24) is 0 Å². The Balaban J connectivity index is 2.87. The van der Waals surface area contributed by atoms with E-state index < -0.39 is 29.8 Å². The van der Waals surface area contributed by atoms with E-state index in [9.17, 15) is 13.6 Å². The number of amides is 1. The van der Waals surface area contributed by atoms with Crippen LogP contribution in [0.5, 0.6) is 0 Å². The van der Waals surface area contributed by atoms with E-state index in [0.717, 1.165) is 12.1 Å². The summed E-state index contributed by atoms with van der Waals surface area (Å²) in [5, 5.41) is 10.9. The quantitative estimate of drug-likeness (QED) is 0.893. The molecule has 0 aromatic heterocycles. The van der Waals surface area contributed by atoms with Crippen molar-refractivity contribution >= 4 is 23.4 Å². The lowest BCUT2D eigenvalue weighted by Gasteiger charge is -2.20. The zero-order valence-electron chi connectivity index (χ0n) is 11.3. The highest BCUT2D eigenvalue weighted by Crippen LogP contribution is 2.32. The number of carbonyl (C=O) groups is 1. The molecule has 7 heteroatoms. The van der Waals surface area contributed by atoms with Crippen LogP contribution in [-0.2, 0) is 10.7 Å². The fraction of sp³-hybridized carbons (Fsp3) is 0.462. The molecule has 20 heavy (non-hydrogen) atoms. The smallest absolute Gasteiger partial charge is 0.412 e. The van der Waals surface area contributed by atoms with Crippen LogP contribution < -0.4 is 5.32 Å². The van der Waals surface area contributed by atoms with Gasteiger partial charge in [-0.05, 0) is 32.9 Å². The molecule has 1 aromatic rings. The van der Waals surface area contributed by atoms with Crippen LogP contribution in [-0.4, -0.2) is 23.4 Å². The Morgan fingerprint density at radius 3 is 2.45 bits per heavy atom. The van der Waals surface area contributed by atoms with Gasteiger partial charge in [-0.1, -0.05) is 17.7 Å². The van der Waals surface area contributed by atoms with Crippen molar-refractivity contribution in [2.24, 2.45) is 0 Å². The molecule has 0 spiro atoms. The monoisotopic (exact) mass is 307 g/mol. The van der Waals surface area contributed by atoms with Gasteiger partial charge in [0.2, 0.25) is 0 Å². The van der Waals surface area contributed by atoms with Crippen LogP contribution in [0.1, 0.15) is 26.3 Å². The average Bonchev–Trinajstić information content (AvgIpc) is 2.29. The second kappa shape index (κ2) is 5.93. The van der Waals surface area contributed by atoms with Crippen molar-refractivity contribution in [3.63, 3.8) is 0 Å². The highest BCUT2D eigenvalue weighted by molar-refractivity contribution is 6.33. The Kier molecular flexibility index (Phi) is 4.94. The molecule has 0 atom stereocenters. The number of anilines is 1. The van der Waals surface area contributed by atoms with E-state index >= 15 is 0 Å². The topological polar surface area (TPSA) is 58.6 Å². The minimum Gasteiger partial charge on any atom is -0.444 e. The van der Waals surface area contributed by atoms with Gasteiger partial charge in [0.1, 0.15) is 12.2 Å². The Morgan fingerprint density at radius 2 is 2.00 bits per heavy atom. The summed E-state index contributed by atoms with van der Waals surface area (Å²) in [7, 11) is 0. The summed E-state index contributed by atoms with van der Waals surface area (Å²) in [5.41, 5.74) is -0.960. The first-order valence-corrected chi connectivity index (χ1v) is 6.22. The minimum atomic E-state index is -3.38. The van der Waals surface area contributed by atoms with Crippen LogP contribution in [0, 0.1) is 0 Å². The molecule has 0 radical (unpaired) electrons. The maximum atomic E-state index is 13.3. The van der Waals surface area contributed by atoms with Crippen molar-refractivity contribution in [2.45, 2.75) is 32.3 Å². The third-order valence-electron chi connectivity index (χ3n) is 2.23. The van der Waals surface area contributed by atoms with Gasteiger partial charge in [0, 0.05) is 5.56 Å². The number of benzene rings is 1. The van der Waals surface area contributed by atoms with E-state index in [1.807, 2.05) is 0 Å². The third-order valence-corrected chi connectivity index (χ3v) is 2.54. The number of carbonyl (C=O) groups excluding carboxylic acids is 1. The number of hydrogen-bond acceptors (Lipinski definition) is 3. The fourth-order valence-corrected chi connectivity index (χ4v) is 1.58. The van der Waals surface area contributed by atoms with Crippen LogP contribution in [0.25, 0.3) is 0 Å². The largest absolute Gasteiger partial charge is 0.444 e. The van der Waals surface area contributed by atoms with Gasteiger partial charge in [0.25, 0.3) is 5.92 Å². The van der Waals surface area contributed by atoms with E-state index in [2.05, 4.69) is 5.32 Å². The van der Waals surface area contributed by atoms with Gasteiger partial charge in [0.15, 0.2) is 0 Å². The molecule has 1 rings (SSSR count). The summed E-state index contributed by atoms with van der Waals surface area (Å²) in [5.74, 6) is -3.38. The van der Waals surface area contributed by atoms with Crippen LogP contribution in [0.15, 0.2) is 18.2 Å². The van der Waals surface area contributed by atoms with Crippen LogP contribution in [0.3, 0.4) is 0 Å². The highest BCUT2D eigenvalue weighted by Gasteiger charge is 2.31. The van der Waals surface area contributed by atoms with E-state index in [1.54, 1.807) is 20.8 Å². The number of hydrogen-bond donors (Lipinski definition) is 2. The molecular formula is C13H16ClF2NO3. The predicted octanol–water partition coefficient (Wildman–Crippen LogP) is 3.77. The van der Waals surface area contributed by atoms with E-state index in [4.69, 9.17) is 21.4 Å². The molecule has 0 aliphatic rings. The molecule has 0 aliphatic heterocycles. The Labute approximate surface area is 120 Å². The van der Waals surface area contributed by atoms with Gasteiger partial charge < -0.3 is 9.84 Å². The maximum Gasteiger partial charge on any atom is 0.412 e. The fourth-order valence-electron chi connectivity index (χ4n) is 1.35. The van der Waals surface area contributed by atoms with Crippen molar-refractivity contribution < 1.29 is 23.4 Å². The molecule has 0 bridgehead atoms. The average molecular weight is 308 g/mol. The molecule has 2 N–H and O–H groups in total. The van der Waals surface area contributed by atoms with Crippen LogP contribution >= 0.6 is 11.6 Å². The van der Waals surface area contributed by atoms with E-state index in [-0.39, 0.29) is 10.7 Å². The first kappa shape index (κ1) is 16.7. The zero-order chi connectivity index (χ0) is 15.6. The zero-order valence-corrected chi connectivity index (χ0v) is 12.1. The second-order valence-electron chi connectivity index (χ2n) is 5.18. The molecule has 0 saturated heterocycles. The molecule has 4 nitrogen and oxygen atoms in total. The van der Waals surface area contributed by atoms with Gasteiger partial charge >= 0.3 is 6.09 Å². The lowest BCUT2D eigenvalue weighted by molar-refractivity contribution is -0.0556. The van der Waals surface area contributed by atoms with Crippen molar-refractivity contribution in [3.05, 3.63) is 28.8 Å². The summed E-state index contributed by atoms with van der Waals surface area (Å²) in [4.78, 5) is 11.5. The predicted molar refractivity (Wildman–Crippen MR) is 72.3 cm³/mol. The summed E-state index contributed by atoms with van der Waals surface area (Å²) in [6.45, 7) is 3.76. The normalized spacial score (nSPS) is 12.2. The Morgan fingerprint density at radius 1 is 1.40 bits per heavy atom. The van der Waals surface area contributed by atoms with Gasteiger partial charge in [-0.2, -0.15) is 8.78 Å². The standard InChI is InChI=1S/C13H16ClF2NO3/c1-12(2,3)20-11(19)17-10-5-4-8(6-9(10)14)13(15,16)7-18/h4-6,18H,7H2,1-3H3,(H,17,19). The highest BCUT2D eigenvalue weighted by atomic mass is 35.5. The van der Waals surface area contributed by atoms with Gasteiger partial charge in [-0.3, -0.25) is 5.32 Å². The number of alkyl halides is 2. The summed E-state index contributed by atoms with van der Waals surface area (Å²) in [6, 6.07) is 3.30. The minimum absolute atomic E-state index is 0.0681. The van der Waals surface area contributed by atoms with E-state index in [0.29, 0.717) is 0 Å². The molecule has 0 aliphatic carbocycles. The molecule has 1 amide bonds. The molecular weight excluding hydrogens is 292 g/mol. The Bertz CT molecular complexity index is 501. The first-order valence-electron chi connectivity index (χ1n) is 5.84. The number of ether oxygens (including phenoxy) is 1. The summed E-state index contributed by atoms with van der Waals surface area (Å²) >= 11 is 5.82. The second-order valence-corrected chi connectivity index (χ2v) is 5.59. The Hall–Kier alpha value is -1.40. The maximum absolute atomic E-state index is 13.3. The number of aliphatic hydroxyl groups is 1. The van der Waals surface area contributed by atoms with Gasteiger partial charge in [-0.25, -0.2) is 4.79 Å².